The van der Waals surface area contributed by atoms with Gasteiger partial charge in [0, 0.05) is 6.54 Å². The van der Waals surface area contributed by atoms with E-state index in [9.17, 15) is 19.5 Å². The molecule has 1 saturated heterocycles. The van der Waals surface area contributed by atoms with Crippen LogP contribution in [-0.2, 0) is 20.9 Å². The van der Waals surface area contributed by atoms with Crippen molar-refractivity contribution in [1.29, 1.82) is 0 Å². The van der Waals surface area contributed by atoms with Crippen LogP contribution in [0, 0.1) is 0 Å². The quantitative estimate of drug-likeness (QED) is 0.775. The molecule has 0 unspecified atom stereocenters. The number of likely N-dealkylation sites (tertiary alicyclic amines) is 1. The zero-order valence-corrected chi connectivity index (χ0v) is 17.4. The molecule has 8 nitrogen and oxygen atoms in total. The summed E-state index contributed by atoms with van der Waals surface area (Å²) < 4.78 is 10.7. The molecule has 1 aliphatic heterocycles. The zero-order valence-electron chi connectivity index (χ0n) is 17.4. The minimum atomic E-state index is -1.35. The lowest BCUT2D eigenvalue weighted by Crippen LogP contribution is -2.64. The van der Waals surface area contributed by atoms with Crippen molar-refractivity contribution in [2.45, 2.75) is 70.7 Å². The van der Waals surface area contributed by atoms with Gasteiger partial charge in [-0.25, -0.2) is 14.4 Å². The van der Waals surface area contributed by atoms with Crippen LogP contribution in [0.1, 0.15) is 52.5 Å². The maximum atomic E-state index is 12.7. The van der Waals surface area contributed by atoms with E-state index in [1.807, 2.05) is 30.3 Å². The zero-order chi connectivity index (χ0) is 21.7. The number of piperidine rings is 1. The minimum absolute atomic E-state index is 0.0372. The molecule has 2 rings (SSSR count). The molecule has 1 aliphatic rings. The van der Waals surface area contributed by atoms with Gasteiger partial charge in [0.05, 0.1) is 6.04 Å². The monoisotopic (exact) mass is 406 g/mol. The van der Waals surface area contributed by atoms with Crippen LogP contribution in [0.25, 0.3) is 0 Å². The van der Waals surface area contributed by atoms with Crippen LogP contribution in [0.2, 0.25) is 0 Å². The Labute approximate surface area is 171 Å². The second-order valence-electron chi connectivity index (χ2n) is 8.22. The molecule has 2 atom stereocenters. The van der Waals surface area contributed by atoms with Gasteiger partial charge < -0.3 is 19.9 Å². The standard InChI is InChI=1S/C21H30N2O6/c1-5-21(17(24)25)12-11-16(13-23(21)19(27)29-20(2,3)4)22-18(26)28-14-15-9-7-6-8-10-15/h6-10,16H,5,11-14H2,1-4H3,(H,22,26)(H,24,25)/t16-,21+/m0/s1. The van der Waals surface area contributed by atoms with Crippen molar-refractivity contribution in [3.8, 4) is 0 Å². The van der Waals surface area contributed by atoms with Crippen molar-refractivity contribution in [3.05, 3.63) is 35.9 Å². The Kier molecular flexibility index (Phi) is 7.11. The lowest BCUT2D eigenvalue weighted by atomic mass is 9.83. The topological polar surface area (TPSA) is 105 Å². The molecule has 29 heavy (non-hydrogen) atoms. The summed E-state index contributed by atoms with van der Waals surface area (Å²) in [5.41, 5.74) is -1.25. The molecule has 1 aromatic carbocycles. The number of nitrogens with one attached hydrogen (secondary N) is 1. The number of aliphatic carboxylic acids is 1. The molecule has 2 amide bonds. The van der Waals surface area contributed by atoms with Crippen molar-refractivity contribution in [2.24, 2.45) is 0 Å². The second kappa shape index (κ2) is 9.15. The summed E-state index contributed by atoms with van der Waals surface area (Å²) in [7, 11) is 0. The van der Waals surface area contributed by atoms with Crippen LogP contribution in [0.3, 0.4) is 0 Å². The molecular weight excluding hydrogens is 376 g/mol. The summed E-state index contributed by atoms with van der Waals surface area (Å²) in [6, 6.07) is 8.85. The van der Waals surface area contributed by atoms with Gasteiger partial charge in [-0.1, -0.05) is 37.3 Å². The van der Waals surface area contributed by atoms with Gasteiger partial charge in [-0.05, 0) is 45.6 Å². The number of carboxylic acid groups (broad SMARTS) is 1. The highest BCUT2D eigenvalue weighted by Gasteiger charge is 2.50. The Morgan fingerprint density at radius 3 is 2.45 bits per heavy atom. The summed E-state index contributed by atoms with van der Waals surface area (Å²) in [5.74, 6) is -1.07. The van der Waals surface area contributed by atoms with Gasteiger partial charge >= 0.3 is 18.2 Å². The number of nitrogens with zero attached hydrogens (tertiary/aromatic N) is 1. The predicted molar refractivity (Wildman–Crippen MR) is 106 cm³/mol. The van der Waals surface area contributed by atoms with E-state index in [4.69, 9.17) is 9.47 Å². The van der Waals surface area contributed by atoms with Crippen LogP contribution >= 0.6 is 0 Å². The van der Waals surface area contributed by atoms with Crippen molar-refractivity contribution in [3.63, 3.8) is 0 Å². The van der Waals surface area contributed by atoms with E-state index >= 15 is 0 Å². The highest BCUT2D eigenvalue weighted by atomic mass is 16.6. The summed E-state index contributed by atoms with van der Waals surface area (Å²) >= 11 is 0. The average Bonchev–Trinajstić information content (AvgIpc) is 2.65. The van der Waals surface area contributed by atoms with Crippen LogP contribution in [0.4, 0.5) is 9.59 Å². The predicted octanol–water partition coefficient (Wildman–Crippen LogP) is 3.55. The Hall–Kier alpha value is -2.77. The first kappa shape index (κ1) is 22.5. The van der Waals surface area contributed by atoms with Crippen molar-refractivity contribution < 1.29 is 29.0 Å². The van der Waals surface area contributed by atoms with E-state index in [2.05, 4.69) is 5.32 Å². The third-order valence-corrected chi connectivity index (χ3v) is 4.96. The molecule has 0 spiro atoms. The number of ether oxygens (including phenoxy) is 2. The molecule has 1 fully saturated rings. The minimum Gasteiger partial charge on any atom is -0.479 e. The van der Waals surface area contributed by atoms with E-state index in [-0.39, 0.29) is 26.0 Å². The number of carboxylic acids is 1. The lowest BCUT2D eigenvalue weighted by molar-refractivity contribution is -0.154. The van der Waals surface area contributed by atoms with Gasteiger partial charge in [-0.15, -0.1) is 0 Å². The van der Waals surface area contributed by atoms with E-state index in [1.165, 1.54) is 4.90 Å². The molecule has 0 aromatic heterocycles. The average molecular weight is 406 g/mol. The van der Waals surface area contributed by atoms with Gasteiger partial charge in [-0.2, -0.15) is 0 Å². The maximum absolute atomic E-state index is 12.7. The fraction of sp³-hybridized carbons (Fsp3) is 0.571. The van der Waals surface area contributed by atoms with E-state index < -0.39 is 35.3 Å². The molecule has 0 radical (unpaired) electrons. The first-order valence-corrected chi connectivity index (χ1v) is 9.78. The highest BCUT2D eigenvalue weighted by molar-refractivity contribution is 5.85. The molecule has 0 bridgehead atoms. The van der Waals surface area contributed by atoms with Crippen LogP contribution in [0.5, 0.6) is 0 Å². The van der Waals surface area contributed by atoms with Gasteiger partial charge in [0.1, 0.15) is 17.7 Å². The second-order valence-corrected chi connectivity index (χ2v) is 8.22. The van der Waals surface area contributed by atoms with E-state index in [0.717, 1.165) is 5.56 Å². The Bertz CT molecular complexity index is 730. The third kappa shape index (κ3) is 5.85. The van der Waals surface area contributed by atoms with Crippen molar-refractivity contribution >= 4 is 18.2 Å². The number of hydrogen-bond acceptors (Lipinski definition) is 5. The molecule has 2 N–H and O–H groups in total. The number of amides is 2. The lowest BCUT2D eigenvalue weighted by Gasteiger charge is -2.46. The van der Waals surface area contributed by atoms with E-state index in [0.29, 0.717) is 6.42 Å². The van der Waals surface area contributed by atoms with E-state index in [1.54, 1.807) is 27.7 Å². The molecule has 0 saturated carbocycles. The first-order valence-electron chi connectivity index (χ1n) is 9.78. The Morgan fingerprint density at radius 1 is 1.24 bits per heavy atom. The number of rotatable bonds is 5. The normalized spacial score (nSPS) is 21.9. The maximum Gasteiger partial charge on any atom is 0.411 e. The SMILES string of the molecule is CC[C@]1(C(=O)O)CC[C@H](NC(=O)OCc2ccccc2)CN1C(=O)OC(C)(C)C. The van der Waals surface area contributed by atoms with Crippen molar-refractivity contribution in [2.75, 3.05) is 6.54 Å². The fourth-order valence-electron chi connectivity index (χ4n) is 3.39. The number of carbonyl (C=O) groups excluding carboxylic acids is 2. The first-order chi connectivity index (χ1) is 13.6. The van der Waals surface area contributed by atoms with Crippen LogP contribution < -0.4 is 5.32 Å². The summed E-state index contributed by atoms with van der Waals surface area (Å²) in [5, 5.41) is 12.6. The largest absolute Gasteiger partial charge is 0.479 e. The number of hydrogen-bond donors (Lipinski definition) is 2. The number of benzene rings is 1. The van der Waals surface area contributed by atoms with Gasteiger partial charge in [0.25, 0.3) is 0 Å². The van der Waals surface area contributed by atoms with Gasteiger partial charge in [-0.3, -0.25) is 4.90 Å². The Morgan fingerprint density at radius 2 is 1.90 bits per heavy atom. The molecule has 1 heterocycles. The number of alkyl carbamates (subject to hydrolysis) is 1. The summed E-state index contributed by atoms with van der Waals surface area (Å²) in [6.07, 6.45) is -0.442. The number of carbonyl (C=O) groups is 3. The summed E-state index contributed by atoms with van der Waals surface area (Å²) in [4.78, 5) is 38.1. The smallest absolute Gasteiger partial charge is 0.411 e. The molecule has 0 aliphatic carbocycles. The van der Waals surface area contributed by atoms with Crippen LogP contribution in [0.15, 0.2) is 30.3 Å². The Balaban J connectivity index is 2.05. The third-order valence-electron chi connectivity index (χ3n) is 4.96. The molecule has 8 heteroatoms. The van der Waals surface area contributed by atoms with Crippen molar-refractivity contribution in [1.82, 2.24) is 10.2 Å². The van der Waals surface area contributed by atoms with Gasteiger partial charge in [0.15, 0.2) is 0 Å². The molecule has 160 valence electrons. The van der Waals surface area contributed by atoms with Gasteiger partial charge in [0.2, 0.25) is 0 Å². The highest BCUT2D eigenvalue weighted by Crippen LogP contribution is 2.33. The summed E-state index contributed by atoms with van der Waals surface area (Å²) in [6.45, 7) is 7.06. The van der Waals surface area contributed by atoms with Crippen LogP contribution in [-0.4, -0.2) is 51.9 Å². The molecule has 1 aromatic rings. The fourth-order valence-corrected chi connectivity index (χ4v) is 3.39. The molecular formula is C21H30N2O6.